The van der Waals surface area contributed by atoms with Crippen molar-refractivity contribution in [3.05, 3.63) is 70.0 Å². The minimum atomic E-state index is -1.49. The van der Waals surface area contributed by atoms with Gasteiger partial charge in [0.15, 0.2) is 17.4 Å². The number of amides is 1. The number of likely N-dealkylation sites (tertiary alicyclic amines) is 1. The van der Waals surface area contributed by atoms with Crippen molar-refractivity contribution in [2.45, 2.75) is 18.9 Å². The van der Waals surface area contributed by atoms with Crippen LogP contribution in [0.15, 0.2) is 41.5 Å². The van der Waals surface area contributed by atoms with Crippen molar-refractivity contribution in [1.82, 2.24) is 14.5 Å². The number of methoxy groups -OCH3 is 1. The Labute approximate surface area is 169 Å². The molecule has 6 nitrogen and oxygen atoms in total. The molecule has 4 rings (SSSR count). The summed E-state index contributed by atoms with van der Waals surface area (Å²) in [5.41, 5.74) is -0.283. The van der Waals surface area contributed by atoms with Crippen LogP contribution in [0.25, 0.3) is 10.9 Å². The van der Waals surface area contributed by atoms with E-state index >= 15 is 0 Å². The number of carbonyl (C=O) groups excluding carboxylic acids is 1. The fourth-order valence-electron chi connectivity index (χ4n) is 3.80. The fourth-order valence-corrected chi connectivity index (χ4v) is 3.80. The maximum absolute atomic E-state index is 14.5. The van der Waals surface area contributed by atoms with Gasteiger partial charge in [0, 0.05) is 13.1 Å². The molecule has 1 atom stereocenters. The number of benzene rings is 2. The van der Waals surface area contributed by atoms with Crippen LogP contribution in [0, 0.1) is 17.5 Å². The minimum absolute atomic E-state index is 0.111. The van der Waals surface area contributed by atoms with E-state index in [1.54, 1.807) is 24.3 Å². The molecule has 0 spiro atoms. The number of hydrogen-bond donors (Lipinski definition) is 0. The lowest BCUT2D eigenvalue weighted by Crippen LogP contribution is -2.43. The van der Waals surface area contributed by atoms with Gasteiger partial charge in [-0.3, -0.25) is 14.2 Å². The van der Waals surface area contributed by atoms with Crippen LogP contribution < -0.4 is 10.3 Å². The molecule has 1 fully saturated rings. The molecular weight excluding hydrogens is 399 g/mol. The molecule has 0 radical (unpaired) electrons. The Bertz CT molecular complexity index is 1200. The third-order valence-electron chi connectivity index (χ3n) is 5.32. The molecule has 0 saturated carbocycles. The van der Waals surface area contributed by atoms with Gasteiger partial charge in [-0.2, -0.15) is 4.39 Å². The van der Waals surface area contributed by atoms with Crippen LogP contribution in [-0.4, -0.2) is 40.6 Å². The number of halogens is 3. The zero-order valence-electron chi connectivity index (χ0n) is 16.1. The largest absolute Gasteiger partial charge is 0.491 e. The smallest absolute Gasteiger partial charge is 0.261 e. The first-order valence-corrected chi connectivity index (χ1v) is 9.39. The molecule has 2 aromatic carbocycles. The highest BCUT2D eigenvalue weighted by atomic mass is 19.2. The van der Waals surface area contributed by atoms with Crippen molar-refractivity contribution < 1.29 is 22.7 Å². The number of para-hydroxylation sites is 1. The number of ether oxygens (including phenoxy) is 1. The van der Waals surface area contributed by atoms with Crippen LogP contribution in [0.5, 0.6) is 5.75 Å². The van der Waals surface area contributed by atoms with Crippen molar-refractivity contribution in [1.29, 1.82) is 0 Å². The lowest BCUT2D eigenvalue weighted by molar-refractivity contribution is 0.0671. The number of hydrogen-bond acceptors (Lipinski definition) is 4. The van der Waals surface area contributed by atoms with Crippen molar-refractivity contribution in [3.8, 4) is 5.75 Å². The molecule has 2 heterocycles. The van der Waals surface area contributed by atoms with Crippen molar-refractivity contribution in [2.75, 3.05) is 20.2 Å². The van der Waals surface area contributed by atoms with Crippen LogP contribution in [0.1, 0.15) is 29.2 Å². The highest BCUT2D eigenvalue weighted by molar-refractivity contribution is 5.95. The molecule has 1 aliphatic rings. The Balaban J connectivity index is 1.65. The van der Waals surface area contributed by atoms with Gasteiger partial charge in [-0.25, -0.2) is 13.8 Å². The third kappa shape index (κ3) is 3.30. The molecule has 1 saturated heterocycles. The summed E-state index contributed by atoms with van der Waals surface area (Å²) in [5.74, 6) is -5.86. The molecule has 1 amide bonds. The Morgan fingerprint density at radius 1 is 1.20 bits per heavy atom. The monoisotopic (exact) mass is 417 g/mol. The van der Waals surface area contributed by atoms with Gasteiger partial charge in [0.25, 0.3) is 11.5 Å². The summed E-state index contributed by atoms with van der Waals surface area (Å²) in [6.07, 6.45) is 2.61. The number of rotatable bonds is 3. The topological polar surface area (TPSA) is 64.4 Å². The minimum Gasteiger partial charge on any atom is -0.491 e. The quantitative estimate of drug-likeness (QED) is 0.614. The van der Waals surface area contributed by atoms with Gasteiger partial charge in [0.2, 0.25) is 5.82 Å². The molecule has 3 aromatic rings. The molecule has 30 heavy (non-hydrogen) atoms. The number of aromatic nitrogens is 2. The zero-order valence-corrected chi connectivity index (χ0v) is 16.1. The van der Waals surface area contributed by atoms with E-state index in [-0.39, 0.29) is 18.1 Å². The first kappa shape index (κ1) is 19.9. The predicted octanol–water partition coefficient (Wildman–Crippen LogP) is 3.30. The Morgan fingerprint density at radius 3 is 2.73 bits per heavy atom. The third-order valence-corrected chi connectivity index (χ3v) is 5.32. The van der Waals surface area contributed by atoms with Crippen molar-refractivity contribution in [2.24, 2.45) is 0 Å². The van der Waals surface area contributed by atoms with E-state index in [1.165, 1.54) is 15.8 Å². The highest BCUT2D eigenvalue weighted by Gasteiger charge is 2.30. The first-order chi connectivity index (χ1) is 14.4. The summed E-state index contributed by atoms with van der Waals surface area (Å²) in [6, 6.07) is 7.09. The van der Waals surface area contributed by atoms with Crippen LogP contribution in [0.4, 0.5) is 13.2 Å². The average molecular weight is 417 g/mol. The SMILES string of the molecule is COc1c(F)c(F)cc(C(=O)N2CCC[C@@H](n3cnc4ccccc4c3=O)C2)c1F. The first-order valence-electron chi connectivity index (χ1n) is 9.39. The van der Waals surface area contributed by atoms with E-state index in [1.807, 2.05) is 0 Å². The molecule has 1 aromatic heterocycles. The van der Waals surface area contributed by atoms with Gasteiger partial charge in [-0.15, -0.1) is 0 Å². The maximum atomic E-state index is 14.5. The second kappa shape index (κ2) is 7.81. The van der Waals surface area contributed by atoms with Gasteiger partial charge >= 0.3 is 0 Å². The summed E-state index contributed by atoms with van der Waals surface area (Å²) in [6.45, 7) is 0.408. The molecule has 0 bridgehead atoms. The standard InChI is InChI=1S/C21H18F3N3O3/c1-30-19-17(23)14(9-15(22)18(19)24)20(28)26-8-4-5-12(10-26)27-11-25-16-7-3-2-6-13(16)21(27)29/h2-3,6-7,9,11-12H,4-5,8,10H2,1H3/t12-/m1/s1. The molecule has 9 heteroatoms. The molecular formula is C21H18F3N3O3. The second-order valence-corrected chi connectivity index (χ2v) is 7.09. The van der Waals surface area contributed by atoms with Crippen LogP contribution >= 0.6 is 0 Å². The van der Waals surface area contributed by atoms with E-state index in [2.05, 4.69) is 9.72 Å². The fraction of sp³-hybridized carbons (Fsp3) is 0.286. The summed E-state index contributed by atoms with van der Waals surface area (Å²) in [4.78, 5) is 31.3. The summed E-state index contributed by atoms with van der Waals surface area (Å²) < 4.78 is 48.1. The van der Waals surface area contributed by atoms with Crippen molar-refractivity contribution >= 4 is 16.8 Å². The predicted molar refractivity (Wildman–Crippen MR) is 103 cm³/mol. The lowest BCUT2D eigenvalue weighted by Gasteiger charge is -2.33. The lowest BCUT2D eigenvalue weighted by atomic mass is 10.0. The van der Waals surface area contributed by atoms with Crippen LogP contribution in [0.3, 0.4) is 0 Å². The number of carbonyl (C=O) groups is 1. The molecule has 156 valence electrons. The molecule has 1 aliphatic heterocycles. The van der Waals surface area contributed by atoms with Crippen LogP contribution in [-0.2, 0) is 0 Å². The summed E-state index contributed by atoms with van der Waals surface area (Å²) in [5, 5.41) is 0.458. The maximum Gasteiger partial charge on any atom is 0.261 e. The number of fused-ring (bicyclic) bond motifs is 1. The highest BCUT2D eigenvalue weighted by Crippen LogP contribution is 2.29. The summed E-state index contributed by atoms with van der Waals surface area (Å²) in [7, 11) is 0.991. The normalized spacial score (nSPS) is 16.7. The van der Waals surface area contributed by atoms with E-state index in [0.717, 1.165) is 7.11 Å². The van der Waals surface area contributed by atoms with Gasteiger partial charge in [0.05, 0.1) is 35.9 Å². The zero-order chi connectivity index (χ0) is 21.4. The van der Waals surface area contributed by atoms with Gasteiger partial charge < -0.3 is 9.64 Å². The van der Waals surface area contributed by atoms with Gasteiger partial charge in [0.1, 0.15) is 0 Å². The average Bonchev–Trinajstić information content (AvgIpc) is 2.77. The molecule has 0 unspecified atom stereocenters. The number of nitrogens with zero attached hydrogens (tertiary/aromatic N) is 3. The Morgan fingerprint density at radius 2 is 1.97 bits per heavy atom. The number of piperidine rings is 1. The van der Waals surface area contributed by atoms with E-state index in [0.29, 0.717) is 36.4 Å². The van der Waals surface area contributed by atoms with Crippen LogP contribution in [0.2, 0.25) is 0 Å². The second-order valence-electron chi connectivity index (χ2n) is 7.09. The van der Waals surface area contributed by atoms with E-state index in [9.17, 15) is 22.8 Å². The van der Waals surface area contributed by atoms with Gasteiger partial charge in [-0.05, 0) is 31.0 Å². The van der Waals surface area contributed by atoms with Crippen molar-refractivity contribution in [3.63, 3.8) is 0 Å². The Kier molecular flexibility index (Phi) is 5.19. The van der Waals surface area contributed by atoms with E-state index < -0.39 is 34.7 Å². The van der Waals surface area contributed by atoms with E-state index in [4.69, 9.17) is 0 Å². The molecule has 0 N–H and O–H groups in total. The summed E-state index contributed by atoms with van der Waals surface area (Å²) >= 11 is 0. The van der Waals surface area contributed by atoms with Gasteiger partial charge in [-0.1, -0.05) is 12.1 Å². The molecule has 0 aliphatic carbocycles. The Hall–Kier alpha value is -3.36.